The fourth-order valence-corrected chi connectivity index (χ4v) is 1.11. The molecular formula is C7H3FN2O2S. The first kappa shape index (κ1) is 9.48. The second kappa shape index (κ2) is 3.41. The molecule has 0 atom stereocenters. The molecule has 0 N–H and O–H groups in total. The molecule has 66 valence electrons. The van der Waals surface area contributed by atoms with Gasteiger partial charge in [-0.2, -0.15) is 5.26 Å². The molecule has 0 heterocycles. The van der Waals surface area contributed by atoms with E-state index < -0.39 is 22.0 Å². The molecule has 1 aromatic carbocycles. The fourth-order valence-electron chi connectivity index (χ4n) is 0.847. The van der Waals surface area contributed by atoms with Gasteiger partial charge in [-0.15, -0.1) is 12.6 Å². The van der Waals surface area contributed by atoms with Crippen molar-refractivity contribution in [2.45, 2.75) is 4.90 Å². The van der Waals surface area contributed by atoms with Gasteiger partial charge in [0.15, 0.2) is 5.56 Å². The summed E-state index contributed by atoms with van der Waals surface area (Å²) >= 11 is 3.75. The maximum atomic E-state index is 12.8. The van der Waals surface area contributed by atoms with E-state index in [1.807, 2.05) is 0 Å². The normalized spacial score (nSPS) is 9.31. The van der Waals surface area contributed by atoms with Gasteiger partial charge in [-0.1, -0.05) is 0 Å². The first-order chi connectivity index (χ1) is 6.07. The maximum Gasteiger partial charge on any atom is 0.303 e. The molecule has 0 saturated carbocycles. The standard InChI is InChI=1S/C7H3FN2O2S/c8-5-1-2-6(13)7(10(11)12)4(5)3-9/h1-2,13H. The third-order valence-corrected chi connectivity index (χ3v) is 1.76. The van der Waals surface area contributed by atoms with Crippen LogP contribution in [0.3, 0.4) is 0 Å². The lowest BCUT2D eigenvalue weighted by Crippen LogP contribution is -1.96. The summed E-state index contributed by atoms with van der Waals surface area (Å²) in [5.74, 6) is -0.910. The van der Waals surface area contributed by atoms with E-state index in [0.29, 0.717) is 0 Å². The van der Waals surface area contributed by atoms with E-state index >= 15 is 0 Å². The molecule has 0 unspecified atom stereocenters. The summed E-state index contributed by atoms with van der Waals surface area (Å²) in [6.45, 7) is 0. The molecule has 0 radical (unpaired) electrons. The summed E-state index contributed by atoms with van der Waals surface area (Å²) < 4.78 is 12.8. The summed E-state index contributed by atoms with van der Waals surface area (Å²) in [5, 5.41) is 18.8. The van der Waals surface area contributed by atoms with Gasteiger partial charge in [0.05, 0.1) is 9.82 Å². The van der Waals surface area contributed by atoms with Crippen LogP contribution < -0.4 is 0 Å². The van der Waals surface area contributed by atoms with Crippen molar-refractivity contribution in [3.63, 3.8) is 0 Å². The lowest BCUT2D eigenvalue weighted by Gasteiger charge is -1.98. The third-order valence-electron chi connectivity index (χ3n) is 1.40. The van der Waals surface area contributed by atoms with Crippen LogP contribution in [-0.4, -0.2) is 4.92 Å². The number of nitro benzene ring substituents is 1. The van der Waals surface area contributed by atoms with E-state index in [2.05, 4.69) is 12.6 Å². The molecule has 0 aliphatic heterocycles. The van der Waals surface area contributed by atoms with E-state index in [0.717, 1.165) is 12.1 Å². The van der Waals surface area contributed by atoms with Crippen molar-refractivity contribution in [3.05, 3.63) is 33.6 Å². The largest absolute Gasteiger partial charge is 0.303 e. The highest BCUT2D eigenvalue weighted by Gasteiger charge is 2.21. The van der Waals surface area contributed by atoms with Crippen LogP contribution in [0.15, 0.2) is 17.0 Å². The van der Waals surface area contributed by atoms with Crippen LogP contribution >= 0.6 is 12.6 Å². The van der Waals surface area contributed by atoms with E-state index in [9.17, 15) is 14.5 Å². The Morgan fingerprint density at radius 1 is 1.62 bits per heavy atom. The van der Waals surface area contributed by atoms with Gasteiger partial charge in [0.2, 0.25) is 0 Å². The highest BCUT2D eigenvalue weighted by atomic mass is 32.1. The Hall–Kier alpha value is -1.61. The molecule has 0 aliphatic carbocycles. The molecule has 0 aromatic heterocycles. The predicted molar refractivity (Wildman–Crippen MR) is 45.0 cm³/mol. The first-order valence-corrected chi connectivity index (χ1v) is 3.58. The van der Waals surface area contributed by atoms with Crippen molar-refractivity contribution < 1.29 is 9.31 Å². The SMILES string of the molecule is N#Cc1c(F)ccc(S)c1[N+](=O)[O-]. The van der Waals surface area contributed by atoms with Crippen molar-refractivity contribution in [2.75, 3.05) is 0 Å². The molecular weight excluding hydrogens is 195 g/mol. The van der Waals surface area contributed by atoms with E-state index in [1.54, 1.807) is 0 Å². The van der Waals surface area contributed by atoms with Crippen molar-refractivity contribution in [2.24, 2.45) is 0 Å². The topological polar surface area (TPSA) is 66.9 Å². The van der Waals surface area contributed by atoms with Gasteiger partial charge in [0.25, 0.3) is 0 Å². The Morgan fingerprint density at radius 3 is 2.62 bits per heavy atom. The van der Waals surface area contributed by atoms with Crippen LogP contribution in [0.4, 0.5) is 10.1 Å². The maximum absolute atomic E-state index is 12.8. The second-order valence-corrected chi connectivity index (χ2v) is 2.64. The van der Waals surface area contributed by atoms with Crippen LogP contribution in [0.2, 0.25) is 0 Å². The molecule has 1 rings (SSSR count). The number of nitro groups is 1. The number of rotatable bonds is 1. The number of halogens is 1. The van der Waals surface area contributed by atoms with Gasteiger partial charge < -0.3 is 0 Å². The molecule has 4 nitrogen and oxygen atoms in total. The number of hydrogen-bond acceptors (Lipinski definition) is 4. The number of hydrogen-bond donors (Lipinski definition) is 1. The predicted octanol–water partition coefficient (Wildman–Crippen LogP) is 1.89. The average Bonchev–Trinajstić information content (AvgIpc) is 2.07. The third kappa shape index (κ3) is 1.60. The minimum atomic E-state index is -0.910. The number of nitriles is 1. The van der Waals surface area contributed by atoms with Crippen molar-refractivity contribution in [1.29, 1.82) is 5.26 Å². The number of nitrogens with zero attached hydrogens (tertiary/aromatic N) is 2. The first-order valence-electron chi connectivity index (χ1n) is 3.14. The Kier molecular flexibility index (Phi) is 2.49. The van der Waals surface area contributed by atoms with E-state index in [4.69, 9.17) is 5.26 Å². The molecule has 0 amide bonds. The fraction of sp³-hybridized carbons (Fsp3) is 0. The zero-order chi connectivity index (χ0) is 10.0. The number of thiol groups is 1. The molecule has 0 spiro atoms. The highest BCUT2D eigenvalue weighted by Crippen LogP contribution is 2.28. The van der Waals surface area contributed by atoms with Gasteiger partial charge in [0.1, 0.15) is 11.9 Å². The second-order valence-electron chi connectivity index (χ2n) is 2.16. The molecule has 0 fully saturated rings. The zero-order valence-corrected chi connectivity index (χ0v) is 7.09. The van der Waals surface area contributed by atoms with E-state index in [1.165, 1.54) is 6.07 Å². The van der Waals surface area contributed by atoms with Gasteiger partial charge in [-0.3, -0.25) is 10.1 Å². The molecule has 0 saturated heterocycles. The van der Waals surface area contributed by atoms with Crippen LogP contribution in [0.1, 0.15) is 5.56 Å². The Labute approximate surface area is 78.2 Å². The molecule has 0 bridgehead atoms. The highest BCUT2D eigenvalue weighted by molar-refractivity contribution is 7.80. The minimum Gasteiger partial charge on any atom is -0.258 e. The molecule has 0 aliphatic rings. The van der Waals surface area contributed by atoms with Crippen molar-refractivity contribution in [3.8, 4) is 6.07 Å². The summed E-state index contributed by atoms with van der Waals surface area (Å²) in [6.07, 6.45) is 0. The van der Waals surface area contributed by atoms with Crippen LogP contribution in [-0.2, 0) is 0 Å². The Balaban J connectivity index is 3.55. The lowest BCUT2D eigenvalue weighted by atomic mass is 10.2. The van der Waals surface area contributed by atoms with Crippen LogP contribution in [0.5, 0.6) is 0 Å². The number of benzene rings is 1. The molecule has 13 heavy (non-hydrogen) atoms. The smallest absolute Gasteiger partial charge is 0.258 e. The Bertz CT molecular complexity index is 414. The lowest BCUT2D eigenvalue weighted by molar-refractivity contribution is -0.388. The summed E-state index contributed by atoms with van der Waals surface area (Å²) in [6, 6.07) is 3.52. The van der Waals surface area contributed by atoms with Gasteiger partial charge in [-0.05, 0) is 12.1 Å². The Morgan fingerprint density at radius 2 is 2.23 bits per heavy atom. The van der Waals surface area contributed by atoms with E-state index in [-0.39, 0.29) is 4.90 Å². The van der Waals surface area contributed by atoms with Crippen LogP contribution in [0.25, 0.3) is 0 Å². The van der Waals surface area contributed by atoms with Crippen molar-refractivity contribution in [1.82, 2.24) is 0 Å². The summed E-state index contributed by atoms with van der Waals surface area (Å²) in [7, 11) is 0. The zero-order valence-electron chi connectivity index (χ0n) is 6.19. The monoisotopic (exact) mass is 198 g/mol. The van der Waals surface area contributed by atoms with Crippen LogP contribution in [0, 0.1) is 27.3 Å². The van der Waals surface area contributed by atoms with Gasteiger partial charge in [0, 0.05) is 0 Å². The summed E-state index contributed by atoms with van der Waals surface area (Å²) in [4.78, 5) is 9.54. The van der Waals surface area contributed by atoms with Gasteiger partial charge >= 0.3 is 5.69 Å². The molecule has 1 aromatic rings. The average molecular weight is 198 g/mol. The summed E-state index contributed by atoms with van der Waals surface area (Å²) in [5.41, 5.74) is -1.18. The van der Waals surface area contributed by atoms with Crippen molar-refractivity contribution >= 4 is 18.3 Å². The quantitative estimate of drug-likeness (QED) is 0.425. The van der Waals surface area contributed by atoms with Gasteiger partial charge in [-0.25, -0.2) is 4.39 Å². The minimum absolute atomic E-state index is 0.0250. The molecule has 6 heteroatoms.